The molecule has 1 aromatic carbocycles. The molecule has 0 aliphatic heterocycles. The third-order valence-electron chi connectivity index (χ3n) is 5.38. The molecule has 7 heteroatoms. The number of rotatable bonds is 10. The van der Waals surface area contributed by atoms with Crippen LogP contribution in [0.3, 0.4) is 0 Å². The van der Waals surface area contributed by atoms with E-state index in [-0.39, 0.29) is 30.4 Å². The summed E-state index contributed by atoms with van der Waals surface area (Å²) < 4.78 is 5.28. The number of nitrogens with one attached hydrogen (secondary N) is 2. The van der Waals surface area contributed by atoms with Crippen molar-refractivity contribution >= 4 is 17.9 Å². The van der Waals surface area contributed by atoms with Crippen molar-refractivity contribution in [3.63, 3.8) is 0 Å². The second-order valence-electron chi connectivity index (χ2n) is 10.9. The van der Waals surface area contributed by atoms with E-state index in [0.717, 1.165) is 29.5 Å². The molecular weight excluding hydrogens is 430 g/mol. The second-order valence-corrected chi connectivity index (χ2v) is 10.9. The van der Waals surface area contributed by atoms with Gasteiger partial charge in [0.1, 0.15) is 18.2 Å². The molecule has 2 atom stereocenters. The Morgan fingerprint density at radius 3 is 2.12 bits per heavy atom. The van der Waals surface area contributed by atoms with Gasteiger partial charge in [-0.3, -0.25) is 9.59 Å². The monoisotopic (exact) mass is 475 g/mol. The van der Waals surface area contributed by atoms with Gasteiger partial charge in [0.2, 0.25) is 11.8 Å². The highest BCUT2D eigenvalue weighted by molar-refractivity contribution is 5.91. The van der Waals surface area contributed by atoms with Crippen molar-refractivity contribution in [1.29, 1.82) is 0 Å². The summed E-state index contributed by atoms with van der Waals surface area (Å²) in [5.41, 5.74) is 2.14. The molecule has 0 aliphatic carbocycles. The fraction of sp³-hybridized carbons (Fsp3) is 0.667. The van der Waals surface area contributed by atoms with Crippen LogP contribution in [-0.4, -0.2) is 47.0 Å². The standard InChI is InChI=1S/C27H45N3O4/c1-17(2)11-13-21(7)30(23(31)16-28-26(33)34-27(8,9)10)24(25(32)29-18(3)4)22-14-12-19(5)15-20(22)6/h12,14-15,17-18,21,24H,11,13,16H2,1-10H3,(H,28,33)(H,29,32). The lowest BCUT2D eigenvalue weighted by Crippen LogP contribution is -2.52. The van der Waals surface area contributed by atoms with Gasteiger partial charge >= 0.3 is 6.09 Å². The van der Waals surface area contributed by atoms with Gasteiger partial charge in [-0.15, -0.1) is 0 Å². The Bertz CT molecular complexity index is 843. The summed E-state index contributed by atoms with van der Waals surface area (Å²) in [4.78, 5) is 40.9. The van der Waals surface area contributed by atoms with Crippen LogP contribution >= 0.6 is 0 Å². The van der Waals surface area contributed by atoms with Gasteiger partial charge in [-0.05, 0) is 85.3 Å². The lowest BCUT2D eigenvalue weighted by molar-refractivity contribution is -0.143. The molecule has 0 aliphatic rings. The summed E-state index contributed by atoms with van der Waals surface area (Å²) in [6.45, 7) is 19.0. The molecule has 0 aromatic heterocycles. The fourth-order valence-corrected chi connectivity index (χ4v) is 3.82. The summed E-state index contributed by atoms with van der Waals surface area (Å²) in [5.74, 6) is -0.0988. The van der Waals surface area contributed by atoms with E-state index in [2.05, 4.69) is 24.5 Å². The summed E-state index contributed by atoms with van der Waals surface area (Å²) in [6, 6.07) is 4.80. The van der Waals surface area contributed by atoms with Gasteiger partial charge in [0.05, 0.1) is 0 Å². The minimum absolute atomic E-state index is 0.0800. The molecule has 2 unspecified atom stereocenters. The van der Waals surface area contributed by atoms with Gasteiger partial charge in [0.15, 0.2) is 0 Å². The van der Waals surface area contributed by atoms with Crippen LogP contribution in [-0.2, 0) is 14.3 Å². The van der Waals surface area contributed by atoms with Crippen molar-refractivity contribution in [3.8, 4) is 0 Å². The number of hydrogen-bond donors (Lipinski definition) is 2. The summed E-state index contributed by atoms with van der Waals surface area (Å²) in [5, 5.41) is 5.55. The molecule has 1 rings (SSSR count). The van der Waals surface area contributed by atoms with Crippen molar-refractivity contribution in [3.05, 3.63) is 34.9 Å². The smallest absolute Gasteiger partial charge is 0.408 e. The van der Waals surface area contributed by atoms with E-state index >= 15 is 0 Å². The number of alkyl carbamates (subject to hydrolysis) is 1. The van der Waals surface area contributed by atoms with Crippen molar-refractivity contribution in [2.45, 2.75) is 106 Å². The Balaban J connectivity index is 3.39. The predicted octanol–water partition coefficient (Wildman–Crippen LogP) is 5.05. The first-order valence-corrected chi connectivity index (χ1v) is 12.3. The van der Waals surface area contributed by atoms with E-state index < -0.39 is 17.7 Å². The molecule has 192 valence electrons. The molecule has 34 heavy (non-hydrogen) atoms. The van der Waals surface area contributed by atoms with Gasteiger partial charge in [-0.1, -0.05) is 37.6 Å². The zero-order valence-electron chi connectivity index (χ0n) is 22.7. The number of carbonyl (C=O) groups excluding carboxylic acids is 3. The van der Waals surface area contributed by atoms with Gasteiger partial charge < -0.3 is 20.3 Å². The van der Waals surface area contributed by atoms with E-state index in [0.29, 0.717) is 5.92 Å². The number of nitrogens with zero attached hydrogens (tertiary/aromatic N) is 1. The highest BCUT2D eigenvalue weighted by Crippen LogP contribution is 2.29. The van der Waals surface area contributed by atoms with Crippen LogP contribution in [0.2, 0.25) is 0 Å². The SMILES string of the molecule is Cc1ccc(C(C(=O)NC(C)C)N(C(=O)CNC(=O)OC(C)(C)C)C(C)CCC(C)C)c(C)c1. The summed E-state index contributed by atoms with van der Waals surface area (Å²) in [6.07, 6.45) is 0.993. The van der Waals surface area contributed by atoms with Crippen LogP contribution in [0.4, 0.5) is 4.79 Å². The number of amides is 3. The first-order valence-electron chi connectivity index (χ1n) is 12.3. The number of carbonyl (C=O) groups is 3. The van der Waals surface area contributed by atoms with Crippen molar-refractivity contribution in [1.82, 2.24) is 15.5 Å². The minimum atomic E-state index is -0.807. The normalized spacial score (nSPS) is 13.4. The van der Waals surface area contributed by atoms with Gasteiger partial charge in [0, 0.05) is 12.1 Å². The molecule has 7 nitrogen and oxygen atoms in total. The Morgan fingerprint density at radius 2 is 1.62 bits per heavy atom. The van der Waals surface area contributed by atoms with E-state index in [9.17, 15) is 14.4 Å². The molecule has 3 amide bonds. The molecule has 0 fully saturated rings. The Morgan fingerprint density at radius 1 is 1.00 bits per heavy atom. The van der Waals surface area contributed by atoms with Crippen LogP contribution in [0.1, 0.15) is 91.0 Å². The number of hydrogen-bond acceptors (Lipinski definition) is 4. The molecule has 0 saturated carbocycles. The molecule has 0 spiro atoms. The molecule has 0 bridgehead atoms. The van der Waals surface area contributed by atoms with E-state index in [1.54, 1.807) is 25.7 Å². The molecule has 1 aromatic rings. The summed E-state index contributed by atoms with van der Waals surface area (Å²) >= 11 is 0. The maximum atomic E-state index is 13.6. The third kappa shape index (κ3) is 9.74. The highest BCUT2D eigenvalue weighted by atomic mass is 16.6. The van der Waals surface area contributed by atoms with Crippen molar-refractivity contribution < 1.29 is 19.1 Å². The average molecular weight is 476 g/mol. The minimum Gasteiger partial charge on any atom is -0.444 e. The lowest BCUT2D eigenvalue weighted by Gasteiger charge is -2.37. The van der Waals surface area contributed by atoms with Crippen molar-refractivity contribution in [2.24, 2.45) is 5.92 Å². The second kappa shape index (κ2) is 12.8. The molecule has 0 radical (unpaired) electrons. The summed E-state index contributed by atoms with van der Waals surface area (Å²) in [7, 11) is 0. The number of benzene rings is 1. The molecular formula is C27H45N3O4. The lowest BCUT2D eigenvalue weighted by atomic mass is 9.94. The van der Waals surface area contributed by atoms with Crippen LogP contribution < -0.4 is 10.6 Å². The van der Waals surface area contributed by atoms with Gasteiger partial charge in [-0.25, -0.2) is 4.79 Å². The van der Waals surface area contributed by atoms with E-state index in [4.69, 9.17) is 4.74 Å². The van der Waals surface area contributed by atoms with Crippen LogP contribution in [0.25, 0.3) is 0 Å². The van der Waals surface area contributed by atoms with E-state index in [1.807, 2.05) is 52.8 Å². The Hall–Kier alpha value is -2.57. The first-order chi connectivity index (χ1) is 15.6. The van der Waals surface area contributed by atoms with Gasteiger partial charge in [0.25, 0.3) is 0 Å². The van der Waals surface area contributed by atoms with Crippen LogP contribution in [0, 0.1) is 19.8 Å². The van der Waals surface area contributed by atoms with E-state index in [1.165, 1.54) is 0 Å². The Labute approximate surface area is 206 Å². The zero-order valence-corrected chi connectivity index (χ0v) is 22.7. The quantitative estimate of drug-likeness (QED) is 0.496. The maximum absolute atomic E-state index is 13.6. The van der Waals surface area contributed by atoms with Crippen molar-refractivity contribution in [2.75, 3.05) is 6.54 Å². The molecule has 0 saturated heterocycles. The average Bonchev–Trinajstić information content (AvgIpc) is 2.67. The molecule has 2 N–H and O–H groups in total. The fourth-order valence-electron chi connectivity index (χ4n) is 3.82. The van der Waals surface area contributed by atoms with Crippen LogP contribution in [0.15, 0.2) is 18.2 Å². The number of ether oxygens (including phenoxy) is 1. The topological polar surface area (TPSA) is 87.7 Å². The largest absolute Gasteiger partial charge is 0.444 e. The Kier molecular flexibility index (Phi) is 11.1. The number of aryl methyl sites for hydroxylation is 2. The molecule has 0 heterocycles. The predicted molar refractivity (Wildman–Crippen MR) is 137 cm³/mol. The van der Waals surface area contributed by atoms with Gasteiger partial charge in [-0.2, -0.15) is 0 Å². The van der Waals surface area contributed by atoms with Crippen LogP contribution in [0.5, 0.6) is 0 Å². The highest BCUT2D eigenvalue weighted by Gasteiger charge is 2.36. The first kappa shape index (κ1) is 29.5. The third-order valence-corrected chi connectivity index (χ3v) is 5.38. The zero-order chi connectivity index (χ0) is 26.2. The maximum Gasteiger partial charge on any atom is 0.408 e.